The first-order valence-corrected chi connectivity index (χ1v) is 41.8. The van der Waals surface area contributed by atoms with Gasteiger partial charge >= 0.3 is 0 Å². The molecular weight excluding hydrogens is 1380 g/mol. The van der Waals surface area contributed by atoms with Gasteiger partial charge in [-0.1, -0.05) is 256 Å². The highest BCUT2D eigenvalue weighted by Crippen LogP contribution is 2.57. The molecule has 8 heteroatoms. The van der Waals surface area contributed by atoms with Crippen LogP contribution in [0.3, 0.4) is 0 Å². The topological polar surface area (TPSA) is 39.2 Å². The molecule has 0 fully saturated rings. The molecule has 20 rings (SSSR count). The molecule has 2 aromatic heterocycles. The molecule has 114 heavy (non-hydrogen) atoms. The van der Waals surface area contributed by atoms with Crippen molar-refractivity contribution in [1.29, 1.82) is 0 Å². The van der Waals surface area contributed by atoms with Crippen LogP contribution in [0.25, 0.3) is 44.2 Å². The lowest BCUT2D eigenvalue weighted by atomic mass is 9.35. The van der Waals surface area contributed by atoms with Crippen LogP contribution < -0.4 is 52.8 Å². The van der Waals surface area contributed by atoms with E-state index in [1.54, 1.807) is 0 Å². The number of fused-ring (bicyclic) bond motifs is 14. The maximum Gasteiger partial charge on any atom is 0.297 e. The Morgan fingerprint density at radius 1 is 0.333 bits per heavy atom. The third kappa shape index (κ3) is 11.1. The second-order valence-corrected chi connectivity index (χ2v) is 39.7. The van der Waals surface area contributed by atoms with Crippen LogP contribution in [0.5, 0.6) is 0 Å². The second-order valence-electron chi connectivity index (χ2n) is 39.7. The van der Waals surface area contributed by atoms with E-state index in [9.17, 15) is 0 Å². The normalized spacial score (nSPS) is 17.4. The monoisotopic (exact) mass is 1490 g/mol. The molecule has 0 amide bonds. The van der Waals surface area contributed by atoms with E-state index >= 15 is 0 Å². The molecule has 6 aliphatic rings. The summed E-state index contributed by atoms with van der Waals surface area (Å²) in [6.45, 7) is 42.6. The van der Waals surface area contributed by atoms with Gasteiger partial charge in [0.05, 0.1) is 34.1 Å². The van der Waals surface area contributed by atoms with E-state index in [4.69, 9.17) is 8.83 Å². The smallest absolute Gasteiger partial charge is 0.297 e. The van der Waals surface area contributed by atoms with Crippen molar-refractivity contribution in [2.75, 3.05) is 19.6 Å². The fourth-order valence-electron chi connectivity index (χ4n) is 20.9. The van der Waals surface area contributed by atoms with E-state index in [0.29, 0.717) is 0 Å². The Balaban J connectivity index is 0.772. The maximum absolute atomic E-state index is 7.70. The van der Waals surface area contributed by atoms with Gasteiger partial charge in [-0.2, -0.15) is 0 Å². The summed E-state index contributed by atoms with van der Waals surface area (Å²) in [6, 6.07) is 93.9. The van der Waals surface area contributed by atoms with Gasteiger partial charge in [0.25, 0.3) is 13.4 Å². The van der Waals surface area contributed by atoms with E-state index < -0.39 is 0 Å². The van der Waals surface area contributed by atoms with Gasteiger partial charge in [-0.3, -0.25) is 0 Å². The van der Waals surface area contributed by atoms with Gasteiger partial charge < -0.3 is 28.4 Å². The highest BCUT2D eigenvalue weighted by molar-refractivity contribution is 7.00. The lowest BCUT2D eigenvalue weighted by Crippen LogP contribution is -2.61. The second kappa shape index (κ2) is 25.0. The van der Waals surface area contributed by atoms with Crippen molar-refractivity contribution >= 4 is 137 Å². The summed E-state index contributed by atoms with van der Waals surface area (Å²) in [7, 11) is 0. The van der Waals surface area contributed by atoms with Crippen LogP contribution in [0.15, 0.2) is 251 Å². The molecule has 566 valence electrons. The number of para-hydroxylation sites is 3. The van der Waals surface area contributed by atoms with E-state index in [-0.39, 0.29) is 51.3 Å². The van der Waals surface area contributed by atoms with Crippen molar-refractivity contribution in [3.63, 3.8) is 0 Å². The number of anilines is 12. The molecule has 0 saturated carbocycles. The summed E-state index contributed by atoms with van der Waals surface area (Å²) in [5, 5.41) is 2.29. The van der Waals surface area contributed by atoms with Crippen molar-refractivity contribution < 1.29 is 8.83 Å². The van der Waals surface area contributed by atoms with Gasteiger partial charge in [0.1, 0.15) is 11.2 Å². The van der Waals surface area contributed by atoms with Gasteiger partial charge in [-0.05, 0) is 270 Å². The molecule has 4 aliphatic heterocycles. The predicted molar refractivity (Wildman–Crippen MR) is 486 cm³/mol. The molecule has 6 heterocycles. The lowest BCUT2D eigenvalue weighted by molar-refractivity contribution is 0.310. The van der Waals surface area contributed by atoms with Crippen LogP contribution in [0.4, 0.5) is 68.2 Å². The van der Waals surface area contributed by atoms with Crippen molar-refractivity contribution in [2.45, 2.75) is 195 Å². The molecule has 1 atom stereocenters. The number of hydrogen-bond donors (Lipinski definition) is 0. The average Bonchev–Trinajstić information content (AvgIpc) is 1.23. The van der Waals surface area contributed by atoms with Crippen LogP contribution >= 0.6 is 0 Å². The first kappa shape index (κ1) is 72.0. The molecule has 12 aromatic carbocycles. The van der Waals surface area contributed by atoms with Crippen molar-refractivity contribution in [3.8, 4) is 22.3 Å². The number of nitrogens with zero attached hydrogens (tertiary/aromatic N) is 4. The molecular formula is C106H104B2N4O2. The third-order valence-electron chi connectivity index (χ3n) is 27.3. The quantitative estimate of drug-likeness (QED) is 0.141. The van der Waals surface area contributed by atoms with Crippen LogP contribution in [-0.4, -0.2) is 13.4 Å². The van der Waals surface area contributed by atoms with E-state index in [2.05, 4.69) is 387 Å². The number of aryl methyl sites for hydroxylation is 2. The maximum atomic E-state index is 7.70. The lowest BCUT2D eigenvalue weighted by Gasteiger charge is -2.48. The Labute approximate surface area is 676 Å². The molecule has 14 aromatic rings. The van der Waals surface area contributed by atoms with Crippen LogP contribution in [-0.2, 0) is 44.3 Å². The zero-order chi connectivity index (χ0) is 79.0. The molecule has 2 aliphatic carbocycles. The van der Waals surface area contributed by atoms with Gasteiger partial charge in [-0.15, -0.1) is 0 Å². The Morgan fingerprint density at radius 3 is 1.22 bits per heavy atom. The predicted octanol–water partition coefficient (Wildman–Crippen LogP) is 25.1. The van der Waals surface area contributed by atoms with Gasteiger partial charge in [0.15, 0.2) is 0 Å². The fraction of sp³-hybridized carbons (Fsp3) is 0.283. The largest absolute Gasteiger partial charge is 0.468 e. The highest BCUT2D eigenvalue weighted by Gasteiger charge is 2.53. The van der Waals surface area contributed by atoms with Crippen LogP contribution in [0.1, 0.15) is 192 Å². The summed E-state index contributed by atoms with van der Waals surface area (Å²) in [5.74, 6) is 0. The van der Waals surface area contributed by atoms with Gasteiger partial charge in [0.2, 0.25) is 0 Å². The first-order valence-electron chi connectivity index (χ1n) is 41.8. The number of rotatable bonds is 8. The summed E-state index contributed by atoms with van der Waals surface area (Å²) in [4.78, 5) is 10.4. The Kier molecular flexibility index (Phi) is 15.8. The molecule has 6 nitrogen and oxygen atoms in total. The number of benzene rings is 12. The van der Waals surface area contributed by atoms with E-state index in [1.807, 2.05) is 0 Å². The van der Waals surface area contributed by atoms with E-state index in [1.165, 1.54) is 134 Å². The molecule has 0 radical (unpaired) electrons. The minimum atomic E-state index is -0.273. The number of furan rings is 2. The Bertz CT molecular complexity index is 6330. The minimum absolute atomic E-state index is 0.0196. The van der Waals surface area contributed by atoms with Crippen molar-refractivity contribution in [2.24, 2.45) is 0 Å². The van der Waals surface area contributed by atoms with Crippen molar-refractivity contribution in [3.05, 3.63) is 298 Å². The molecule has 0 N–H and O–H groups in total. The fourth-order valence-corrected chi connectivity index (χ4v) is 20.9. The van der Waals surface area contributed by atoms with E-state index in [0.717, 1.165) is 99.5 Å². The first-order chi connectivity index (χ1) is 54.3. The molecule has 1 unspecified atom stereocenters. The summed E-state index contributed by atoms with van der Waals surface area (Å²) >= 11 is 0. The molecule has 0 bridgehead atoms. The summed E-state index contributed by atoms with van der Waals surface area (Å²) in [5.41, 5.74) is 40.3. The zero-order valence-corrected chi connectivity index (χ0v) is 69.9. The van der Waals surface area contributed by atoms with Crippen molar-refractivity contribution in [1.82, 2.24) is 0 Å². The summed E-state index contributed by atoms with van der Waals surface area (Å²) < 4.78 is 15.2. The highest BCUT2D eigenvalue weighted by atomic mass is 16.3. The Hall–Kier alpha value is -11.0. The van der Waals surface area contributed by atoms with Gasteiger partial charge in [0, 0.05) is 67.4 Å². The standard InChI is InChI=1S/C106H104B2N4O2/c1-64-52-88-94-91(55-64)112(86-61-79-78(103(12,13)48-49-104(79,14)15)59-82(86)107(94)98-96(109(88)72-34-23-20-24-35-72)76-57-70(101(6,7)8)42-46-92(76)113-98)85-39-28-26-37-75(85)68-33-29-30-66(56-68)63-106(18)51-50-105(16,17)80-62-87-83(60-81(80)106)108-95-89(53-65(2)54-90(95)111(87)84-38-27-25-36-74(84)67-31-21-19-22-32-67)110(73-44-40-69(41-45-73)100(3,4)5)97-77-58-71(102(9,10)11)43-47-93(77)114-99(97)108/h19-47,52-62H,48-51,63H2,1-18H3. The minimum Gasteiger partial charge on any atom is -0.468 e. The zero-order valence-electron chi connectivity index (χ0n) is 69.9. The third-order valence-corrected chi connectivity index (χ3v) is 27.3. The van der Waals surface area contributed by atoms with Crippen LogP contribution in [0, 0.1) is 13.8 Å². The SMILES string of the molecule is Cc1cc2c3c(c1)N(c1ccccc1)c1c(oc4ccc(C(C)(C)C)cc14)B3c1cc3c(cc1N2c1ccccc1-c1cccc(CC2(C)CCC(C)(C)c4cc5c(cc42)B2c4oc6ccc(C(C)(C)C)cc6c4N(c4ccc(C(C)(C)C)cc4)c4cc(C)cc(c42)N5c2ccccc2-c2ccccc2)c1)C(C)(C)CCC3(C)C. The van der Waals surface area contributed by atoms with Crippen LogP contribution in [0.2, 0.25) is 0 Å². The number of hydrogen-bond acceptors (Lipinski definition) is 6. The molecule has 0 saturated heterocycles. The van der Waals surface area contributed by atoms with Gasteiger partial charge in [-0.25, -0.2) is 0 Å². The average molecular weight is 1490 g/mol. The Morgan fingerprint density at radius 2 is 0.728 bits per heavy atom. The molecule has 0 spiro atoms. The summed E-state index contributed by atoms with van der Waals surface area (Å²) in [6.07, 6.45) is 5.14.